The number of allylic oxidation sites excluding steroid dienone is 4. The Kier molecular flexibility index (Phi) is 5.59. The molecule has 0 saturated carbocycles. The van der Waals surface area contributed by atoms with Crippen LogP contribution in [-0.2, 0) is 4.79 Å². The molecule has 1 amide bonds. The van der Waals surface area contributed by atoms with Gasteiger partial charge in [-0.15, -0.1) is 0 Å². The summed E-state index contributed by atoms with van der Waals surface area (Å²) in [6.45, 7) is 14.6. The maximum atomic E-state index is 11.5. The van der Waals surface area contributed by atoms with E-state index in [1.54, 1.807) is 0 Å². The third-order valence-corrected chi connectivity index (χ3v) is 2.54. The van der Waals surface area contributed by atoms with Crippen LogP contribution in [0.3, 0.4) is 0 Å². The van der Waals surface area contributed by atoms with E-state index in [1.165, 1.54) is 0 Å². The average molecular weight is 249 g/mol. The molecule has 0 unspecified atom stereocenters. The zero-order chi connectivity index (χ0) is 14.6. The van der Waals surface area contributed by atoms with Gasteiger partial charge in [0.25, 0.3) is 0 Å². The molecule has 0 aliphatic carbocycles. The quantitative estimate of drug-likeness (QED) is 0.596. The minimum atomic E-state index is -0.390. The van der Waals surface area contributed by atoms with Gasteiger partial charge in [-0.3, -0.25) is 4.79 Å². The van der Waals surface area contributed by atoms with Gasteiger partial charge in [-0.2, -0.15) is 0 Å². The fraction of sp³-hybridized carbons (Fsp3) is 0.562. The first kappa shape index (κ1) is 16.7. The van der Waals surface area contributed by atoms with Gasteiger partial charge in [-0.1, -0.05) is 59.8 Å². The lowest BCUT2D eigenvalue weighted by Gasteiger charge is -2.20. The first-order valence-corrected chi connectivity index (χ1v) is 6.35. The molecular weight excluding hydrogens is 222 g/mol. The molecule has 0 fully saturated rings. The van der Waals surface area contributed by atoms with E-state index in [0.717, 1.165) is 5.57 Å². The van der Waals surface area contributed by atoms with E-state index in [2.05, 4.69) is 41.5 Å². The Morgan fingerprint density at radius 2 is 1.56 bits per heavy atom. The molecule has 0 atom stereocenters. The predicted octanol–water partition coefficient (Wildman–Crippen LogP) is 3.99. The Morgan fingerprint density at radius 1 is 1.06 bits per heavy atom. The normalized spacial score (nSPS) is 15.3. The van der Waals surface area contributed by atoms with Crippen molar-refractivity contribution in [2.24, 2.45) is 16.6 Å². The Morgan fingerprint density at radius 3 is 1.83 bits per heavy atom. The molecule has 0 saturated heterocycles. The Hall–Kier alpha value is -1.31. The monoisotopic (exact) mass is 249 g/mol. The Labute approximate surface area is 112 Å². The molecular formula is C16H27NO. The van der Waals surface area contributed by atoms with Crippen molar-refractivity contribution < 1.29 is 4.79 Å². The highest BCUT2D eigenvalue weighted by atomic mass is 16.1. The molecule has 18 heavy (non-hydrogen) atoms. The third-order valence-electron chi connectivity index (χ3n) is 2.54. The van der Waals surface area contributed by atoms with Crippen LogP contribution in [0.15, 0.2) is 35.5 Å². The Bertz CT molecular complexity index is 384. The molecule has 0 spiro atoms. The van der Waals surface area contributed by atoms with Crippen molar-refractivity contribution in [3.63, 3.8) is 0 Å². The highest BCUT2D eigenvalue weighted by molar-refractivity contribution is 5.95. The van der Waals surface area contributed by atoms with E-state index >= 15 is 0 Å². The van der Waals surface area contributed by atoms with Crippen LogP contribution in [0.25, 0.3) is 0 Å². The second-order valence-corrected chi connectivity index (χ2v) is 6.66. The highest BCUT2D eigenvalue weighted by Crippen LogP contribution is 2.27. The van der Waals surface area contributed by atoms with Gasteiger partial charge in [0.15, 0.2) is 0 Å². The second-order valence-electron chi connectivity index (χ2n) is 6.66. The molecule has 102 valence electrons. The van der Waals surface area contributed by atoms with Crippen LogP contribution < -0.4 is 5.73 Å². The average Bonchev–Trinajstić information content (AvgIpc) is 2.13. The van der Waals surface area contributed by atoms with Gasteiger partial charge in [-0.05, 0) is 29.4 Å². The molecule has 0 aromatic heterocycles. The van der Waals surface area contributed by atoms with E-state index in [4.69, 9.17) is 5.73 Å². The van der Waals surface area contributed by atoms with Crippen molar-refractivity contribution in [3.05, 3.63) is 35.5 Å². The lowest BCUT2D eigenvalue weighted by molar-refractivity contribution is -0.114. The molecule has 0 aromatic carbocycles. The van der Waals surface area contributed by atoms with E-state index < -0.39 is 0 Å². The maximum Gasteiger partial charge on any atom is 0.248 e. The van der Waals surface area contributed by atoms with Gasteiger partial charge < -0.3 is 5.73 Å². The summed E-state index contributed by atoms with van der Waals surface area (Å²) >= 11 is 0. The predicted molar refractivity (Wildman–Crippen MR) is 79.1 cm³/mol. The number of carbonyl (C=O) groups is 1. The van der Waals surface area contributed by atoms with Crippen LogP contribution in [0.4, 0.5) is 0 Å². The first-order valence-electron chi connectivity index (χ1n) is 6.35. The van der Waals surface area contributed by atoms with Crippen molar-refractivity contribution >= 4 is 5.91 Å². The van der Waals surface area contributed by atoms with Crippen LogP contribution in [0, 0.1) is 10.8 Å². The van der Waals surface area contributed by atoms with Gasteiger partial charge in [0.05, 0.1) is 0 Å². The summed E-state index contributed by atoms with van der Waals surface area (Å²) in [6, 6.07) is 0. The molecule has 0 radical (unpaired) electrons. The van der Waals surface area contributed by atoms with Gasteiger partial charge in [0, 0.05) is 5.57 Å². The zero-order valence-corrected chi connectivity index (χ0v) is 12.8. The second kappa shape index (κ2) is 6.03. The minimum Gasteiger partial charge on any atom is -0.366 e. The van der Waals surface area contributed by atoms with Gasteiger partial charge >= 0.3 is 0 Å². The van der Waals surface area contributed by atoms with Gasteiger partial charge in [-0.25, -0.2) is 0 Å². The molecule has 2 heteroatoms. The van der Waals surface area contributed by atoms with E-state index in [9.17, 15) is 4.79 Å². The number of primary amides is 1. The summed E-state index contributed by atoms with van der Waals surface area (Å²) in [5, 5.41) is 0. The van der Waals surface area contributed by atoms with E-state index in [1.807, 2.05) is 31.2 Å². The number of carbonyl (C=O) groups excluding carboxylic acids is 1. The maximum absolute atomic E-state index is 11.5. The molecule has 0 heterocycles. The molecule has 0 rings (SSSR count). The topological polar surface area (TPSA) is 43.1 Å². The van der Waals surface area contributed by atoms with Crippen molar-refractivity contribution in [1.82, 2.24) is 0 Å². The summed E-state index contributed by atoms with van der Waals surface area (Å²) in [7, 11) is 0. The molecule has 2 N–H and O–H groups in total. The minimum absolute atomic E-state index is 0.00498. The number of rotatable bonds is 3. The number of hydrogen-bond acceptors (Lipinski definition) is 1. The molecule has 0 bridgehead atoms. The van der Waals surface area contributed by atoms with Gasteiger partial charge in [0.2, 0.25) is 5.91 Å². The van der Waals surface area contributed by atoms with Crippen molar-refractivity contribution in [1.29, 1.82) is 0 Å². The van der Waals surface area contributed by atoms with Crippen LogP contribution in [-0.4, -0.2) is 5.91 Å². The zero-order valence-electron chi connectivity index (χ0n) is 12.8. The van der Waals surface area contributed by atoms with Crippen molar-refractivity contribution in [3.8, 4) is 0 Å². The first-order chi connectivity index (χ1) is 7.97. The van der Waals surface area contributed by atoms with Crippen LogP contribution in [0.1, 0.15) is 48.5 Å². The van der Waals surface area contributed by atoms with E-state index in [0.29, 0.717) is 5.57 Å². The fourth-order valence-electron chi connectivity index (χ4n) is 1.44. The van der Waals surface area contributed by atoms with Crippen LogP contribution >= 0.6 is 0 Å². The summed E-state index contributed by atoms with van der Waals surface area (Å²) in [5.41, 5.74) is 7.12. The van der Waals surface area contributed by atoms with Crippen molar-refractivity contribution in [2.75, 3.05) is 0 Å². The summed E-state index contributed by atoms with van der Waals surface area (Å²) < 4.78 is 0. The molecule has 2 nitrogen and oxygen atoms in total. The third kappa shape index (κ3) is 6.43. The lowest BCUT2D eigenvalue weighted by atomic mass is 9.84. The molecule has 0 aliphatic heterocycles. The molecule has 0 aromatic rings. The highest BCUT2D eigenvalue weighted by Gasteiger charge is 2.16. The van der Waals surface area contributed by atoms with Crippen molar-refractivity contribution in [2.45, 2.75) is 48.5 Å². The smallest absolute Gasteiger partial charge is 0.248 e. The Balaban J connectivity index is 5.39. The van der Waals surface area contributed by atoms with Crippen LogP contribution in [0.2, 0.25) is 0 Å². The summed E-state index contributed by atoms with van der Waals surface area (Å²) in [6.07, 6.45) is 7.72. The van der Waals surface area contributed by atoms with Crippen LogP contribution in [0.5, 0.6) is 0 Å². The SMILES string of the molecule is C\C=C(/C=C(\C=C\C(C)(C)C)C(N)=O)C(C)(C)C. The number of nitrogens with two attached hydrogens (primary N) is 1. The van der Waals surface area contributed by atoms with Gasteiger partial charge in [0.1, 0.15) is 0 Å². The fourth-order valence-corrected chi connectivity index (χ4v) is 1.44. The molecule has 0 aliphatic rings. The lowest BCUT2D eigenvalue weighted by Crippen LogP contribution is -2.15. The number of amides is 1. The summed E-state index contributed by atoms with van der Waals surface area (Å²) in [4.78, 5) is 11.5. The standard InChI is InChI=1S/C16H27NO/c1-8-13(16(5,6)7)11-12(14(17)18)9-10-15(2,3)4/h8-11H,1-7H3,(H2,17,18)/b10-9+,12-11+,13-8+. The van der Waals surface area contributed by atoms with E-state index in [-0.39, 0.29) is 16.7 Å². The largest absolute Gasteiger partial charge is 0.366 e. The number of hydrogen-bond donors (Lipinski definition) is 1. The summed E-state index contributed by atoms with van der Waals surface area (Å²) in [5.74, 6) is -0.390.